The molecular formula is C17H21BrN2S. The zero-order chi connectivity index (χ0) is 14.8. The lowest BCUT2D eigenvalue weighted by Crippen LogP contribution is -2.29. The van der Waals surface area contributed by atoms with Gasteiger partial charge in [-0.2, -0.15) is 0 Å². The van der Waals surface area contributed by atoms with E-state index in [0.29, 0.717) is 0 Å². The summed E-state index contributed by atoms with van der Waals surface area (Å²) in [5, 5.41) is 2.21. The van der Waals surface area contributed by atoms with Crippen LogP contribution in [0.1, 0.15) is 29.3 Å². The first-order valence-electron chi connectivity index (χ1n) is 7.51. The lowest BCUT2D eigenvalue weighted by atomic mass is 10.0. The van der Waals surface area contributed by atoms with Gasteiger partial charge in [-0.3, -0.25) is 0 Å². The summed E-state index contributed by atoms with van der Waals surface area (Å²) in [7, 11) is 0. The quantitative estimate of drug-likeness (QED) is 0.873. The van der Waals surface area contributed by atoms with E-state index in [4.69, 9.17) is 5.73 Å². The van der Waals surface area contributed by atoms with E-state index in [1.54, 1.807) is 4.88 Å². The minimum Gasteiger partial charge on any atom is -0.366 e. The van der Waals surface area contributed by atoms with Crippen molar-refractivity contribution >= 4 is 33.0 Å². The monoisotopic (exact) mass is 364 g/mol. The van der Waals surface area contributed by atoms with Crippen molar-refractivity contribution in [1.82, 2.24) is 0 Å². The molecule has 112 valence electrons. The molecule has 1 atom stereocenters. The SMILES string of the molecule is CCC(N)Cc1ccc(N2CCc3sccc3C2)c(Br)c1. The van der Waals surface area contributed by atoms with Gasteiger partial charge in [-0.05, 0) is 69.9 Å². The van der Waals surface area contributed by atoms with Gasteiger partial charge in [0.1, 0.15) is 0 Å². The van der Waals surface area contributed by atoms with E-state index < -0.39 is 0 Å². The standard InChI is InChI=1S/C17H21BrN2S/c1-2-14(19)9-12-3-4-16(15(18)10-12)20-7-5-17-13(11-20)6-8-21-17/h3-4,6,8,10,14H,2,5,7,9,11,19H2,1H3. The average Bonchev–Trinajstić information content (AvgIpc) is 2.94. The van der Waals surface area contributed by atoms with Crippen molar-refractivity contribution in [2.24, 2.45) is 5.73 Å². The first-order valence-corrected chi connectivity index (χ1v) is 9.19. The highest BCUT2D eigenvalue weighted by Crippen LogP contribution is 2.33. The molecule has 1 aliphatic heterocycles. The number of fused-ring (bicyclic) bond motifs is 1. The third-order valence-electron chi connectivity index (χ3n) is 4.18. The van der Waals surface area contributed by atoms with E-state index in [1.165, 1.54) is 21.3 Å². The lowest BCUT2D eigenvalue weighted by Gasteiger charge is -2.30. The molecule has 3 rings (SSSR count). The molecule has 2 aromatic rings. The number of hydrogen-bond donors (Lipinski definition) is 1. The van der Waals surface area contributed by atoms with Crippen LogP contribution in [-0.4, -0.2) is 12.6 Å². The molecule has 0 bridgehead atoms. The Kier molecular flexibility index (Phi) is 4.67. The number of thiophene rings is 1. The number of nitrogens with two attached hydrogens (primary N) is 1. The van der Waals surface area contributed by atoms with Crippen molar-refractivity contribution in [1.29, 1.82) is 0 Å². The molecule has 0 fully saturated rings. The summed E-state index contributed by atoms with van der Waals surface area (Å²) in [5.41, 5.74) is 10.1. The van der Waals surface area contributed by atoms with Gasteiger partial charge in [0.05, 0.1) is 5.69 Å². The number of benzene rings is 1. The molecule has 1 unspecified atom stereocenters. The van der Waals surface area contributed by atoms with E-state index in [-0.39, 0.29) is 6.04 Å². The molecule has 0 radical (unpaired) electrons. The molecule has 0 amide bonds. The van der Waals surface area contributed by atoms with Crippen molar-refractivity contribution in [2.45, 2.75) is 38.8 Å². The molecule has 2 heterocycles. The zero-order valence-electron chi connectivity index (χ0n) is 12.3. The smallest absolute Gasteiger partial charge is 0.0513 e. The topological polar surface area (TPSA) is 29.3 Å². The molecule has 21 heavy (non-hydrogen) atoms. The van der Waals surface area contributed by atoms with E-state index in [1.807, 2.05) is 11.3 Å². The van der Waals surface area contributed by atoms with Crippen LogP contribution in [0.25, 0.3) is 0 Å². The van der Waals surface area contributed by atoms with Crippen molar-refractivity contribution in [3.05, 3.63) is 50.1 Å². The van der Waals surface area contributed by atoms with Gasteiger partial charge < -0.3 is 10.6 Å². The molecule has 2 nitrogen and oxygen atoms in total. The van der Waals surface area contributed by atoms with Gasteiger partial charge in [-0.15, -0.1) is 11.3 Å². The minimum absolute atomic E-state index is 0.256. The summed E-state index contributed by atoms with van der Waals surface area (Å²) < 4.78 is 1.18. The number of anilines is 1. The second kappa shape index (κ2) is 6.51. The molecule has 1 aromatic carbocycles. The maximum Gasteiger partial charge on any atom is 0.0513 e. The Labute approximate surface area is 139 Å². The Bertz CT molecular complexity index is 623. The second-order valence-corrected chi connectivity index (χ2v) is 7.55. The fourth-order valence-electron chi connectivity index (χ4n) is 2.84. The third-order valence-corrected chi connectivity index (χ3v) is 5.84. The Morgan fingerprint density at radius 3 is 3.00 bits per heavy atom. The summed E-state index contributed by atoms with van der Waals surface area (Å²) in [5.74, 6) is 0. The highest BCUT2D eigenvalue weighted by Gasteiger charge is 2.19. The highest BCUT2D eigenvalue weighted by atomic mass is 79.9. The Morgan fingerprint density at radius 1 is 1.38 bits per heavy atom. The van der Waals surface area contributed by atoms with E-state index in [9.17, 15) is 0 Å². The van der Waals surface area contributed by atoms with Crippen LogP contribution < -0.4 is 10.6 Å². The van der Waals surface area contributed by atoms with E-state index >= 15 is 0 Å². The first-order chi connectivity index (χ1) is 10.2. The van der Waals surface area contributed by atoms with Crippen LogP contribution in [0.3, 0.4) is 0 Å². The normalized spacial score (nSPS) is 15.9. The summed E-state index contributed by atoms with van der Waals surface area (Å²) in [6.45, 7) is 4.26. The number of halogens is 1. The van der Waals surface area contributed by atoms with Gasteiger partial charge in [-0.1, -0.05) is 13.0 Å². The summed E-state index contributed by atoms with van der Waals surface area (Å²) in [4.78, 5) is 4.01. The molecule has 0 saturated heterocycles. The van der Waals surface area contributed by atoms with Crippen LogP contribution in [0, 0.1) is 0 Å². The highest BCUT2D eigenvalue weighted by molar-refractivity contribution is 9.10. The largest absolute Gasteiger partial charge is 0.366 e. The predicted molar refractivity (Wildman–Crippen MR) is 95.2 cm³/mol. The number of nitrogens with zero attached hydrogens (tertiary/aromatic N) is 1. The van der Waals surface area contributed by atoms with Gasteiger partial charge >= 0.3 is 0 Å². The van der Waals surface area contributed by atoms with E-state index in [0.717, 1.165) is 32.4 Å². The Morgan fingerprint density at radius 2 is 2.24 bits per heavy atom. The Balaban J connectivity index is 1.77. The molecule has 1 aromatic heterocycles. The van der Waals surface area contributed by atoms with Gasteiger partial charge in [0.15, 0.2) is 0 Å². The van der Waals surface area contributed by atoms with Crippen molar-refractivity contribution < 1.29 is 0 Å². The van der Waals surface area contributed by atoms with Crippen molar-refractivity contribution in [3.8, 4) is 0 Å². The van der Waals surface area contributed by atoms with Crippen LogP contribution in [0.4, 0.5) is 5.69 Å². The average molecular weight is 365 g/mol. The fourth-order valence-corrected chi connectivity index (χ4v) is 4.40. The molecule has 1 aliphatic rings. The fraction of sp³-hybridized carbons (Fsp3) is 0.412. The van der Waals surface area contributed by atoms with E-state index in [2.05, 4.69) is 57.4 Å². The van der Waals surface area contributed by atoms with Crippen LogP contribution >= 0.6 is 27.3 Å². The predicted octanol–water partition coefficient (Wildman–Crippen LogP) is 4.35. The van der Waals surface area contributed by atoms with Gasteiger partial charge in [-0.25, -0.2) is 0 Å². The lowest BCUT2D eigenvalue weighted by molar-refractivity contribution is 0.646. The molecule has 0 spiro atoms. The number of hydrogen-bond acceptors (Lipinski definition) is 3. The second-order valence-electron chi connectivity index (χ2n) is 5.70. The van der Waals surface area contributed by atoms with Crippen LogP contribution in [0.2, 0.25) is 0 Å². The van der Waals surface area contributed by atoms with Crippen LogP contribution in [0.5, 0.6) is 0 Å². The van der Waals surface area contributed by atoms with Crippen LogP contribution in [-0.2, 0) is 19.4 Å². The molecule has 0 saturated carbocycles. The van der Waals surface area contributed by atoms with Gasteiger partial charge in [0.25, 0.3) is 0 Å². The number of rotatable bonds is 4. The zero-order valence-corrected chi connectivity index (χ0v) is 14.7. The summed E-state index contributed by atoms with van der Waals surface area (Å²) in [6, 6.07) is 9.20. The maximum atomic E-state index is 6.05. The molecule has 0 aliphatic carbocycles. The molecular weight excluding hydrogens is 344 g/mol. The first kappa shape index (κ1) is 15.1. The maximum absolute atomic E-state index is 6.05. The minimum atomic E-state index is 0.256. The molecule has 2 N–H and O–H groups in total. The van der Waals surface area contributed by atoms with Gasteiger partial charge in [0, 0.05) is 28.5 Å². The molecule has 4 heteroatoms. The van der Waals surface area contributed by atoms with Crippen molar-refractivity contribution in [2.75, 3.05) is 11.4 Å². The summed E-state index contributed by atoms with van der Waals surface area (Å²) in [6.07, 6.45) is 3.12. The van der Waals surface area contributed by atoms with Crippen LogP contribution in [0.15, 0.2) is 34.1 Å². The summed E-state index contributed by atoms with van der Waals surface area (Å²) >= 11 is 5.63. The van der Waals surface area contributed by atoms with Crippen molar-refractivity contribution in [3.63, 3.8) is 0 Å². The third kappa shape index (κ3) is 3.33. The Hall–Kier alpha value is -0.840. The van der Waals surface area contributed by atoms with Gasteiger partial charge in [0.2, 0.25) is 0 Å².